The lowest BCUT2D eigenvalue weighted by molar-refractivity contribution is -0.158. The SMILES string of the molecule is CC1CCC(N2C(=O)C(C)(C)NC(=O)C2C)C(C)C1. The molecule has 4 heteroatoms. The van der Waals surface area contributed by atoms with Gasteiger partial charge >= 0.3 is 0 Å². The van der Waals surface area contributed by atoms with E-state index in [1.807, 2.05) is 11.8 Å². The van der Waals surface area contributed by atoms with Gasteiger partial charge in [0.15, 0.2) is 0 Å². The summed E-state index contributed by atoms with van der Waals surface area (Å²) in [4.78, 5) is 26.6. The normalized spacial score (nSPS) is 39.1. The zero-order valence-electron chi connectivity index (χ0n) is 12.7. The molecule has 1 N–H and O–H groups in total. The van der Waals surface area contributed by atoms with Crippen LogP contribution in [-0.4, -0.2) is 34.3 Å². The van der Waals surface area contributed by atoms with Crippen LogP contribution in [0.15, 0.2) is 0 Å². The smallest absolute Gasteiger partial charge is 0.248 e. The van der Waals surface area contributed by atoms with E-state index in [2.05, 4.69) is 19.2 Å². The number of piperazine rings is 1. The molecule has 2 amide bonds. The monoisotopic (exact) mass is 266 g/mol. The van der Waals surface area contributed by atoms with Crippen LogP contribution in [0.5, 0.6) is 0 Å². The predicted octanol–water partition coefficient (Wildman–Crippen LogP) is 1.94. The number of nitrogens with zero attached hydrogens (tertiary/aromatic N) is 1. The molecule has 0 aromatic carbocycles. The fraction of sp³-hybridized carbons (Fsp3) is 0.867. The lowest BCUT2D eigenvalue weighted by Crippen LogP contribution is -2.70. The molecule has 1 heterocycles. The standard InChI is InChI=1S/C15H26N2O2/c1-9-6-7-12(10(2)8-9)17-11(3)13(18)16-15(4,5)14(17)19/h9-12H,6-8H2,1-5H3,(H,16,18). The molecule has 2 aliphatic rings. The molecule has 108 valence electrons. The van der Waals surface area contributed by atoms with Gasteiger partial charge in [0, 0.05) is 6.04 Å². The highest BCUT2D eigenvalue weighted by Crippen LogP contribution is 2.35. The number of nitrogens with one attached hydrogen (secondary N) is 1. The van der Waals surface area contributed by atoms with Gasteiger partial charge < -0.3 is 10.2 Å². The van der Waals surface area contributed by atoms with Crippen molar-refractivity contribution in [3.63, 3.8) is 0 Å². The molecule has 1 aliphatic carbocycles. The van der Waals surface area contributed by atoms with Crippen molar-refractivity contribution in [2.24, 2.45) is 11.8 Å². The van der Waals surface area contributed by atoms with Gasteiger partial charge in [-0.2, -0.15) is 0 Å². The molecule has 1 aliphatic heterocycles. The second-order valence-corrected chi connectivity index (χ2v) is 6.97. The predicted molar refractivity (Wildman–Crippen MR) is 74.5 cm³/mol. The fourth-order valence-corrected chi connectivity index (χ4v) is 3.59. The number of rotatable bonds is 1. The largest absolute Gasteiger partial charge is 0.340 e. The summed E-state index contributed by atoms with van der Waals surface area (Å²) in [7, 11) is 0. The molecule has 2 fully saturated rings. The van der Waals surface area contributed by atoms with E-state index >= 15 is 0 Å². The van der Waals surface area contributed by atoms with Gasteiger partial charge in [-0.15, -0.1) is 0 Å². The first-order valence-corrected chi connectivity index (χ1v) is 7.39. The zero-order valence-corrected chi connectivity index (χ0v) is 12.7. The minimum absolute atomic E-state index is 0.0320. The molecule has 0 bridgehead atoms. The van der Waals surface area contributed by atoms with Gasteiger partial charge in [0.2, 0.25) is 11.8 Å². The second-order valence-electron chi connectivity index (χ2n) is 6.97. The Morgan fingerprint density at radius 1 is 1.16 bits per heavy atom. The maximum absolute atomic E-state index is 12.6. The summed E-state index contributed by atoms with van der Waals surface area (Å²) in [6.07, 6.45) is 3.30. The summed E-state index contributed by atoms with van der Waals surface area (Å²) in [6.45, 7) is 9.91. The number of hydrogen-bond acceptors (Lipinski definition) is 2. The number of amides is 2. The van der Waals surface area contributed by atoms with Crippen molar-refractivity contribution in [3.8, 4) is 0 Å². The third kappa shape index (κ3) is 2.49. The minimum Gasteiger partial charge on any atom is -0.340 e. The van der Waals surface area contributed by atoms with Crippen LogP contribution in [0.3, 0.4) is 0 Å². The Hall–Kier alpha value is -1.06. The van der Waals surface area contributed by atoms with E-state index in [-0.39, 0.29) is 23.9 Å². The van der Waals surface area contributed by atoms with Gasteiger partial charge in [0.25, 0.3) is 0 Å². The third-order valence-electron chi connectivity index (χ3n) is 4.75. The van der Waals surface area contributed by atoms with Crippen LogP contribution >= 0.6 is 0 Å². The Bertz CT molecular complexity index is 392. The average molecular weight is 266 g/mol. The molecule has 4 atom stereocenters. The van der Waals surface area contributed by atoms with Gasteiger partial charge in [0.05, 0.1) is 0 Å². The van der Waals surface area contributed by atoms with Crippen LogP contribution in [0.4, 0.5) is 0 Å². The zero-order chi connectivity index (χ0) is 14.4. The van der Waals surface area contributed by atoms with Gasteiger partial charge in [-0.3, -0.25) is 9.59 Å². The second kappa shape index (κ2) is 4.80. The lowest BCUT2D eigenvalue weighted by Gasteiger charge is -2.49. The highest BCUT2D eigenvalue weighted by molar-refractivity contribution is 5.99. The maximum Gasteiger partial charge on any atom is 0.248 e. The van der Waals surface area contributed by atoms with E-state index in [4.69, 9.17) is 0 Å². The van der Waals surface area contributed by atoms with Crippen molar-refractivity contribution in [2.75, 3.05) is 0 Å². The number of carbonyl (C=O) groups excluding carboxylic acids is 2. The van der Waals surface area contributed by atoms with Crippen molar-refractivity contribution >= 4 is 11.8 Å². The summed E-state index contributed by atoms with van der Waals surface area (Å²) < 4.78 is 0. The first-order chi connectivity index (χ1) is 8.74. The van der Waals surface area contributed by atoms with E-state index < -0.39 is 5.54 Å². The molecule has 4 unspecified atom stereocenters. The van der Waals surface area contributed by atoms with Crippen LogP contribution in [0.25, 0.3) is 0 Å². The lowest BCUT2D eigenvalue weighted by atomic mass is 9.77. The van der Waals surface area contributed by atoms with Crippen LogP contribution in [0.2, 0.25) is 0 Å². The molecular weight excluding hydrogens is 240 g/mol. The molecule has 0 radical (unpaired) electrons. The van der Waals surface area contributed by atoms with E-state index in [1.165, 1.54) is 0 Å². The van der Waals surface area contributed by atoms with Crippen molar-refractivity contribution < 1.29 is 9.59 Å². The molecular formula is C15H26N2O2. The Morgan fingerprint density at radius 3 is 2.37 bits per heavy atom. The summed E-state index contributed by atoms with van der Waals surface area (Å²) in [5.74, 6) is 1.22. The van der Waals surface area contributed by atoms with Gasteiger partial charge in [-0.05, 0) is 51.9 Å². The number of carbonyl (C=O) groups is 2. The highest BCUT2D eigenvalue weighted by Gasteiger charge is 2.47. The molecule has 0 spiro atoms. The molecule has 2 rings (SSSR count). The van der Waals surface area contributed by atoms with Gasteiger partial charge in [-0.25, -0.2) is 0 Å². The van der Waals surface area contributed by atoms with Gasteiger partial charge in [0.1, 0.15) is 11.6 Å². The van der Waals surface area contributed by atoms with Crippen molar-refractivity contribution in [1.29, 1.82) is 0 Å². The van der Waals surface area contributed by atoms with E-state index in [1.54, 1.807) is 13.8 Å². The number of hydrogen-bond donors (Lipinski definition) is 1. The summed E-state index contributed by atoms with van der Waals surface area (Å²) >= 11 is 0. The van der Waals surface area contributed by atoms with Crippen LogP contribution in [0.1, 0.15) is 53.9 Å². The Balaban J connectivity index is 2.25. The molecule has 1 saturated carbocycles. The van der Waals surface area contributed by atoms with Crippen LogP contribution < -0.4 is 5.32 Å². The average Bonchev–Trinajstić information content (AvgIpc) is 2.29. The van der Waals surface area contributed by atoms with Crippen LogP contribution in [0, 0.1) is 11.8 Å². The fourth-order valence-electron chi connectivity index (χ4n) is 3.59. The molecule has 0 aromatic rings. The molecule has 4 nitrogen and oxygen atoms in total. The maximum atomic E-state index is 12.6. The third-order valence-corrected chi connectivity index (χ3v) is 4.75. The Kier molecular flexibility index (Phi) is 3.63. The molecule has 19 heavy (non-hydrogen) atoms. The van der Waals surface area contributed by atoms with Crippen molar-refractivity contribution in [1.82, 2.24) is 10.2 Å². The Labute approximate surface area is 115 Å². The van der Waals surface area contributed by atoms with E-state index in [9.17, 15) is 9.59 Å². The molecule has 1 saturated heterocycles. The minimum atomic E-state index is -0.771. The summed E-state index contributed by atoms with van der Waals surface area (Å²) in [6, 6.07) is -0.134. The Morgan fingerprint density at radius 2 is 1.79 bits per heavy atom. The van der Waals surface area contributed by atoms with Crippen LogP contribution in [-0.2, 0) is 9.59 Å². The van der Waals surface area contributed by atoms with E-state index in [0.29, 0.717) is 5.92 Å². The first-order valence-electron chi connectivity index (χ1n) is 7.39. The highest BCUT2D eigenvalue weighted by atomic mass is 16.2. The molecule has 0 aromatic heterocycles. The quantitative estimate of drug-likeness (QED) is 0.788. The summed E-state index contributed by atoms with van der Waals surface area (Å²) in [5, 5.41) is 2.82. The van der Waals surface area contributed by atoms with Crippen molar-refractivity contribution in [3.05, 3.63) is 0 Å². The van der Waals surface area contributed by atoms with Crippen molar-refractivity contribution in [2.45, 2.75) is 71.5 Å². The summed E-state index contributed by atoms with van der Waals surface area (Å²) in [5.41, 5.74) is -0.771. The topological polar surface area (TPSA) is 49.4 Å². The first kappa shape index (κ1) is 14.4. The van der Waals surface area contributed by atoms with E-state index in [0.717, 1.165) is 25.2 Å². The van der Waals surface area contributed by atoms with Gasteiger partial charge in [-0.1, -0.05) is 13.8 Å².